The highest BCUT2D eigenvalue weighted by atomic mass is 32.2. The molecule has 16 heteroatoms. The minimum atomic E-state index is -0.271. The molecule has 0 fully saturated rings. The van der Waals surface area contributed by atoms with Crippen molar-refractivity contribution in [3.05, 3.63) is 315 Å². The van der Waals surface area contributed by atoms with E-state index in [0.29, 0.717) is 0 Å². The predicted octanol–water partition coefficient (Wildman–Crippen LogP) is 20.1. The maximum absolute atomic E-state index is 7.96. The van der Waals surface area contributed by atoms with Crippen LogP contribution in [0, 0.1) is 0 Å². The Morgan fingerprint density at radius 2 is 0.661 bits per heavy atom. The molecule has 1 N–H and O–H groups in total. The molecule has 112 heavy (non-hydrogen) atoms. The average molecular weight is 1500 g/mol. The second kappa shape index (κ2) is 23.0. The van der Waals surface area contributed by atoms with Crippen LogP contribution in [-0.2, 0) is 0 Å². The van der Waals surface area contributed by atoms with Gasteiger partial charge in [-0.1, -0.05) is 194 Å². The number of anilines is 12. The van der Waals surface area contributed by atoms with E-state index >= 15 is 0 Å². The van der Waals surface area contributed by atoms with Gasteiger partial charge in [-0.25, -0.2) is 0 Å². The topological polar surface area (TPSA) is 49.0 Å². The van der Waals surface area contributed by atoms with Crippen LogP contribution in [-0.4, -0.2) is 46.4 Å². The first-order chi connectivity index (χ1) is 55.5. The molecule has 6 aliphatic rings. The highest BCUT2D eigenvalue weighted by molar-refractivity contribution is 8.00. The van der Waals surface area contributed by atoms with Crippen molar-refractivity contribution in [1.82, 2.24) is 13.7 Å². The summed E-state index contributed by atoms with van der Waals surface area (Å²) in [6.07, 6.45) is 4.49. The maximum atomic E-state index is 7.96. The van der Waals surface area contributed by atoms with E-state index in [2.05, 4.69) is 365 Å². The second-order valence-electron chi connectivity index (χ2n) is 30.2. The van der Waals surface area contributed by atoms with Gasteiger partial charge in [0.05, 0.1) is 78.6 Å². The van der Waals surface area contributed by atoms with E-state index in [9.17, 15) is 0 Å². The third-order valence-electron chi connectivity index (χ3n) is 24.8. The van der Waals surface area contributed by atoms with Crippen molar-refractivity contribution in [1.29, 1.82) is 0 Å². The number of ether oxygens (including phenoxy) is 1. The lowest BCUT2D eigenvalue weighted by Gasteiger charge is -2.44. The molecule has 0 bridgehead atoms. The number of rotatable bonds is 7. The van der Waals surface area contributed by atoms with Gasteiger partial charge in [0.1, 0.15) is 11.5 Å². The molecule has 0 aliphatic carbocycles. The lowest BCUT2D eigenvalue weighted by Crippen LogP contribution is -2.65. The number of nitrogens with zero attached hydrogens (tertiary/aromatic N) is 7. The van der Waals surface area contributed by atoms with Crippen LogP contribution in [0.25, 0.3) is 103 Å². The van der Waals surface area contributed by atoms with Crippen LogP contribution in [0.5, 0.6) is 11.5 Å². The van der Waals surface area contributed by atoms with E-state index in [1.54, 1.807) is 23.9 Å². The minimum Gasteiger partial charge on any atom is -0.458 e. The fourth-order valence-corrected chi connectivity index (χ4v) is 24.5. The average Bonchev–Trinajstić information content (AvgIpc) is 1.10. The monoisotopic (exact) mass is 1500 g/mol. The Bertz CT molecular complexity index is 7430. The lowest BCUT2D eigenvalue weighted by molar-refractivity contribution is 0.487. The number of para-hydroxylation sites is 8. The predicted molar refractivity (Wildman–Crippen MR) is 484 cm³/mol. The van der Waals surface area contributed by atoms with Gasteiger partial charge in [-0.15, -0.1) is 22.7 Å². The normalized spacial score (nSPS) is 13.9. The summed E-state index contributed by atoms with van der Waals surface area (Å²) in [7, 11) is 0. The van der Waals surface area contributed by atoms with Gasteiger partial charge >= 0.3 is 0 Å². The molecule has 0 saturated heterocycles. The largest absolute Gasteiger partial charge is 0.458 e. The van der Waals surface area contributed by atoms with Crippen molar-refractivity contribution in [3.8, 4) is 28.6 Å². The van der Waals surface area contributed by atoms with E-state index < -0.39 is 0 Å². The lowest BCUT2D eigenvalue weighted by atomic mass is 9.30. The molecule has 26 rings (SSSR count). The molecule has 0 radical (unpaired) electrons. The molecule has 15 aromatic carbocycles. The molecule has 6 aliphatic heterocycles. The van der Waals surface area contributed by atoms with E-state index in [1.807, 2.05) is 22.7 Å². The molecule has 5 aromatic heterocycles. The number of hydrogen-bond donors (Lipinski definition) is 1. The minimum absolute atomic E-state index is 0.145. The molecule has 11 heterocycles. The first-order valence-electron chi connectivity index (χ1n) is 38.2. The Morgan fingerprint density at radius 3 is 1.14 bits per heavy atom. The fraction of sp³-hybridized carbons (Fsp3) is 0.0208. The van der Waals surface area contributed by atoms with Crippen molar-refractivity contribution in [2.45, 2.75) is 0 Å². The summed E-state index contributed by atoms with van der Waals surface area (Å²) in [5, 5.41) is 14.2. The van der Waals surface area contributed by atoms with Gasteiger partial charge in [0.2, 0.25) is 0 Å². The van der Waals surface area contributed by atoms with Crippen LogP contribution in [0.3, 0.4) is 0 Å². The molecule has 20 aromatic rings. The van der Waals surface area contributed by atoms with Gasteiger partial charge in [-0.05, 0) is 171 Å². The van der Waals surface area contributed by atoms with Crippen molar-refractivity contribution in [3.63, 3.8) is 0 Å². The van der Waals surface area contributed by atoms with Crippen LogP contribution in [0.4, 0.5) is 68.2 Å². The number of hydrogen-bond acceptors (Lipinski definition) is 10. The third kappa shape index (κ3) is 8.22. The maximum Gasteiger partial charge on any atom is 0.264 e. The molecule has 0 atom stereocenters. The first kappa shape index (κ1) is 62.1. The summed E-state index contributed by atoms with van der Waals surface area (Å²) >= 11 is 7.42. The zero-order valence-corrected chi connectivity index (χ0v) is 63.7. The summed E-state index contributed by atoms with van der Waals surface area (Å²) in [5.41, 5.74) is 32.6. The molecule has 0 spiro atoms. The summed E-state index contributed by atoms with van der Waals surface area (Å²) in [6.45, 7) is -0.574. The zero-order valence-electron chi connectivity index (χ0n) is 60.4. The van der Waals surface area contributed by atoms with Gasteiger partial charge in [0.25, 0.3) is 20.1 Å². The Labute approximate surface area is 661 Å². The second-order valence-corrected chi connectivity index (χ2v) is 33.8. The van der Waals surface area contributed by atoms with Crippen LogP contribution >= 0.6 is 46.6 Å². The molecule has 0 saturated carbocycles. The Balaban J connectivity index is 0.749. The third-order valence-corrected chi connectivity index (χ3v) is 28.7. The first-order valence-corrected chi connectivity index (χ1v) is 42.2. The van der Waals surface area contributed by atoms with E-state index in [4.69, 9.17) is 4.74 Å². The van der Waals surface area contributed by atoms with Crippen molar-refractivity contribution >= 4 is 268 Å². The van der Waals surface area contributed by atoms with Gasteiger partial charge in [0.15, 0.2) is 0 Å². The summed E-state index contributed by atoms with van der Waals surface area (Å²) in [5.74, 6) is 1.71. The molecule has 0 amide bonds. The van der Waals surface area contributed by atoms with Crippen LogP contribution in [0.1, 0.15) is 0 Å². The van der Waals surface area contributed by atoms with Crippen molar-refractivity contribution in [2.24, 2.45) is 0 Å². The number of nitrogens with one attached hydrogen (secondary N) is 1. The highest BCUT2D eigenvalue weighted by Gasteiger charge is 2.51. The quantitative estimate of drug-likeness (QED) is 0.125. The van der Waals surface area contributed by atoms with Gasteiger partial charge < -0.3 is 33.6 Å². The zero-order chi connectivity index (χ0) is 73.0. The Morgan fingerprint density at radius 1 is 0.286 bits per heavy atom. The molecular formula is C96H59B3N8OS4. The number of benzene rings is 15. The molecule has 9 nitrogen and oxygen atoms in total. The van der Waals surface area contributed by atoms with Gasteiger partial charge in [-0.2, -0.15) is 0 Å². The van der Waals surface area contributed by atoms with E-state index in [-0.39, 0.29) is 20.1 Å². The standard InChI is InChI=1S/C96H59B3N8OS4/c1-109-106-80-53-72-68(98-90-73(100-72)45-57(101-74-37-17-9-29-60(74)61-30-10-18-38-75(61)101)46-82(90)104(55-25-5-3-6-26-55)93-66-35-15-23-43-88(66)111-95(93)98)51-69(80)97-71-52-70-81(54-86(71)108-87-50-59(49-85(106)92(87)97)103-78-41-21-13-33-64(78)65-34-14-22-42-79(65)103)107(110-2)84-48-58(102-76-39-19-11-31-62(76)63-32-12-20-40-77(63)102)47-83-91(84)99(70)96-94(67-36-16-24-44-89(67)112-96)105(83)56-27-7-4-8-28-56/h3-54,100H,1-2H3. The summed E-state index contributed by atoms with van der Waals surface area (Å²) < 4.78 is 25.6. The van der Waals surface area contributed by atoms with Crippen LogP contribution < -0.4 is 76.3 Å². The smallest absolute Gasteiger partial charge is 0.264 e. The van der Waals surface area contributed by atoms with Crippen LogP contribution in [0.15, 0.2) is 315 Å². The SMILES string of the molecule is CSN1c2cc3c(cc2B2c4cc5c(cc4Oc4cc(-n6c7ccccc7c7ccccc76)cc1c42)N(SC)c1cc(-n2c4ccccc4c4ccccc42)cc2c1B5c1sc4ccccc4c1N2c1ccccc1)B1c2sc4ccccc4c2N(c2ccccc2)c2cc(-n4c5ccccc5c5ccccc54)cc(c21)N3. The van der Waals surface area contributed by atoms with Gasteiger partial charge in [-0.3, -0.25) is 8.61 Å². The van der Waals surface area contributed by atoms with Crippen LogP contribution in [0.2, 0.25) is 0 Å². The summed E-state index contributed by atoms with van der Waals surface area (Å²) in [4.78, 5) is 5.17. The van der Waals surface area contributed by atoms with Crippen molar-refractivity contribution in [2.75, 3.05) is 36.2 Å². The van der Waals surface area contributed by atoms with E-state index in [1.165, 1.54) is 128 Å². The fourth-order valence-electron chi connectivity index (χ4n) is 20.4. The van der Waals surface area contributed by atoms with Crippen molar-refractivity contribution < 1.29 is 4.74 Å². The highest BCUT2D eigenvalue weighted by Crippen LogP contribution is 2.53. The van der Waals surface area contributed by atoms with Gasteiger partial charge in [0, 0.05) is 126 Å². The van der Waals surface area contributed by atoms with E-state index in [0.717, 1.165) is 102 Å². The molecule has 0 unspecified atom stereocenters. The number of aromatic nitrogens is 3. The Kier molecular flexibility index (Phi) is 12.7. The number of fused-ring (bicyclic) bond motifs is 25. The number of thiophene rings is 2. The molecular weight excluding hydrogens is 1440 g/mol. The molecule has 522 valence electrons. The summed E-state index contributed by atoms with van der Waals surface area (Å²) in [6, 6.07) is 119. The Hall–Kier alpha value is -12.7.